The van der Waals surface area contributed by atoms with Gasteiger partial charge in [0.25, 0.3) is 0 Å². The minimum Gasteiger partial charge on any atom is -0.479 e. The van der Waals surface area contributed by atoms with E-state index >= 15 is 0 Å². The SMILES string of the molecule is COc1nc(CO)nn2cc(B3OC(C)(C)C(C)(C)O3)cc12. The second-order valence-electron chi connectivity index (χ2n) is 6.39. The van der Waals surface area contributed by atoms with Crippen molar-refractivity contribution in [1.82, 2.24) is 14.6 Å². The topological polar surface area (TPSA) is 78.1 Å². The Balaban J connectivity index is 2.03. The lowest BCUT2D eigenvalue weighted by molar-refractivity contribution is 0.00578. The van der Waals surface area contributed by atoms with Gasteiger partial charge in [-0.05, 0) is 33.8 Å². The molecule has 0 unspecified atom stereocenters. The van der Waals surface area contributed by atoms with Crippen molar-refractivity contribution in [1.29, 1.82) is 0 Å². The number of hydrogen-bond donors (Lipinski definition) is 1. The molecule has 0 bridgehead atoms. The first-order chi connectivity index (χ1) is 10.3. The Kier molecular flexibility index (Phi) is 3.43. The molecule has 3 heterocycles. The highest BCUT2D eigenvalue weighted by Gasteiger charge is 2.52. The van der Waals surface area contributed by atoms with E-state index in [1.165, 1.54) is 7.11 Å². The van der Waals surface area contributed by atoms with E-state index in [2.05, 4.69) is 10.1 Å². The van der Waals surface area contributed by atoms with E-state index in [1.807, 2.05) is 33.8 Å². The maximum atomic E-state index is 9.23. The van der Waals surface area contributed by atoms with Crippen molar-refractivity contribution in [2.75, 3.05) is 7.11 Å². The fourth-order valence-electron chi connectivity index (χ4n) is 2.36. The first kappa shape index (κ1) is 15.3. The van der Waals surface area contributed by atoms with Crippen molar-refractivity contribution in [3.05, 3.63) is 18.1 Å². The molecule has 3 rings (SSSR count). The number of aromatic nitrogens is 3. The molecule has 2 aromatic heterocycles. The lowest BCUT2D eigenvalue weighted by Gasteiger charge is -2.32. The van der Waals surface area contributed by atoms with E-state index < -0.39 is 18.3 Å². The molecular formula is C14H20BN3O4. The number of rotatable bonds is 3. The highest BCUT2D eigenvalue weighted by Crippen LogP contribution is 2.36. The van der Waals surface area contributed by atoms with Crippen LogP contribution in [0, 0.1) is 0 Å². The zero-order valence-electron chi connectivity index (χ0n) is 13.5. The summed E-state index contributed by atoms with van der Waals surface area (Å²) >= 11 is 0. The molecule has 1 aliphatic rings. The zero-order valence-corrected chi connectivity index (χ0v) is 13.5. The molecule has 1 saturated heterocycles. The number of ether oxygens (including phenoxy) is 1. The van der Waals surface area contributed by atoms with Gasteiger partial charge in [0.05, 0.1) is 18.3 Å². The highest BCUT2D eigenvalue weighted by atomic mass is 16.7. The third-order valence-corrected chi connectivity index (χ3v) is 4.35. The average Bonchev–Trinajstić information content (AvgIpc) is 2.96. The molecule has 0 radical (unpaired) electrons. The maximum Gasteiger partial charge on any atom is 0.496 e. The van der Waals surface area contributed by atoms with Gasteiger partial charge in [0, 0.05) is 11.7 Å². The molecule has 118 valence electrons. The highest BCUT2D eigenvalue weighted by molar-refractivity contribution is 6.62. The molecule has 7 nitrogen and oxygen atoms in total. The predicted molar refractivity (Wildman–Crippen MR) is 81.2 cm³/mol. The third kappa shape index (κ3) is 2.27. The second kappa shape index (κ2) is 4.94. The zero-order chi connectivity index (χ0) is 16.1. The van der Waals surface area contributed by atoms with Crippen molar-refractivity contribution < 1.29 is 19.2 Å². The number of aliphatic hydroxyl groups excluding tert-OH is 1. The van der Waals surface area contributed by atoms with Gasteiger partial charge < -0.3 is 19.2 Å². The smallest absolute Gasteiger partial charge is 0.479 e. The van der Waals surface area contributed by atoms with Crippen molar-refractivity contribution in [2.45, 2.75) is 45.5 Å². The minimum absolute atomic E-state index is 0.254. The van der Waals surface area contributed by atoms with E-state index in [9.17, 15) is 5.11 Å². The summed E-state index contributed by atoms with van der Waals surface area (Å²) in [4.78, 5) is 4.15. The van der Waals surface area contributed by atoms with E-state index in [1.54, 1.807) is 10.7 Å². The number of hydrogen-bond acceptors (Lipinski definition) is 6. The van der Waals surface area contributed by atoms with Crippen molar-refractivity contribution in [3.8, 4) is 5.88 Å². The van der Waals surface area contributed by atoms with Crippen LogP contribution in [-0.4, -0.2) is 45.1 Å². The number of methoxy groups -OCH3 is 1. The number of nitrogens with zero attached hydrogens (tertiary/aromatic N) is 3. The Morgan fingerprint density at radius 2 is 1.91 bits per heavy atom. The lowest BCUT2D eigenvalue weighted by Crippen LogP contribution is -2.41. The third-order valence-electron chi connectivity index (χ3n) is 4.35. The molecule has 1 fully saturated rings. The van der Waals surface area contributed by atoms with Crippen LogP contribution in [0.4, 0.5) is 0 Å². The van der Waals surface area contributed by atoms with E-state index in [-0.39, 0.29) is 6.61 Å². The molecule has 0 aliphatic carbocycles. The van der Waals surface area contributed by atoms with Gasteiger partial charge in [-0.15, -0.1) is 0 Å². The number of aliphatic hydroxyl groups is 1. The molecule has 22 heavy (non-hydrogen) atoms. The molecule has 0 spiro atoms. The van der Waals surface area contributed by atoms with Crippen LogP contribution < -0.4 is 10.2 Å². The summed E-state index contributed by atoms with van der Waals surface area (Å²) in [7, 11) is 1.05. The van der Waals surface area contributed by atoms with Gasteiger partial charge in [-0.25, -0.2) is 4.52 Å². The van der Waals surface area contributed by atoms with Gasteiger partial charge in [0.15, 0.2) is 5.82 Å². The quantitative estimate of drug-likeness (QED) is 0.834. The van der Waals surface area contributed by atoms with Gasteiger partial charge in [0.1, 0.15) is 12.1 Å². The van der Waals surface area contributed by atoms with Gasteiger partial charge in [0.2, 0.25) is 5.88 Å². The standard InChI is InChI=1S/C14H20BN3O4/c1-13(2)14(3,4)22-15(21-13)9-6-10-12(20-5)16-11(8-19)17-18(10)7-9/h6-7,19H,8H2,1-5H3. The summed E-state index contributed by atoms with van der Waals surface area (Å²) in [6.45, 7) is 7.77. The van der Waals surface area contributed by atoms with Gasteiger partial charge in [-0.3, -0.25) is 0 Å². The molecular weight excluding hydrogens is 285 g/mol. The van der Waals surface area contributed by atoms with E-state index in [0.29, 0.717) is 17.2 Å². The monoisotopic (exact) mass is 305 g/mol. The Morgan fingerprint density at radius 3 is 2.45 bits per heavy atom. The predicted octanol–water partition coefficient (Wildman–Crippen LogP) is 0.529. The fraction of sp³-hybridized carbons (Fsp3) is 0.571. The van der Waals surface area contributed by atoms with Crippen LogP contribution in [0.3, 0.4) is 0 Å². The molecule has 8 heteroatoms. The normalized spacial score (nSPS) is 19.8. The molecule has 1 N–H and O–H groups in total. The van der Waals surface area contributed by atoms with Crippen LogP contribution >= 0.6 is 0 Å². The summed E-state index contributed by atoms with van der Waals surface area (Å²) in [5.74, 6) is 0.697. The van der Waals surface area contributed by atoms with Crippen LogP contribution in [0.2, 0.25) is 0 Å². The summed E-state index contributed by atoms with van der Waals surface area (Å²) in [6.07, 6.45) is 1.81. The Hall–Kier alpha value is -1.64. The molecule has 2 aromatic rings. The maximum absolute atomic E-state index is 9.23. The lowest BCUT2D eigenvalue weighted by atomic mass is 9.81. The van der Waals surface area contributed by atoms with Crippen molar-refractivity contribution in [2.24, 2.45) is 0 Å². The van der Waals surface area contributed by atoms with E-state index in [0.717, 1.165) is 5.46 Å². The van der Waals surface area contributed by atoms with Crippen LogP contribution in [0.15, 0.2) is 12.3 Å². The Morgan fingerprint density at radius 1 is 1.27 bits per heavy atom. The van der Waals surface area contributed by atoms with Gasteiger partial charge in [-0.2, -0.15) is 10.1 Å². The van der Waals surface area contributed by atoms with Crippen molar-refractivity contribution >= 4 is 18.1 Å². The summed E-state index contributed by atoms with van der Waals surface area (Å²) in [5.41, 5.74) is 0.723. The van der Waals surface area contributed by atoms with Crippen LogP contribution in [0.1, 0.15) is 33.5 Å². The van der Waals surface area contributed by atoms with E-state index in [4.69, 9.17) is 14.0 Å². The summed E-state index contributed by atoms with van der Waals surface area (Å²) < 4.78 is 19.0. The molecule has 0 saturated carbocycles. The van der Waals surface area contributed by atoms with Gasteiger partial charge in [-0.1, -0.05) is 0 Å². The molecule has 1 aliphatic heterocycles. The largest absolute Gasteiger partial charge is 0.496 e. The van der Waals surface area contributed by atoms with Crippen LogP contribution in [-0.2, 0) is 15.9 Å². The fourth-order valence-corrected chi connectivity index (χ4v) is 2.36. The Bertz CT molecular complexity index is 697. The van der Waals surface area contributed by atoms with Crippen LogP contribution in [0.5, 0.6) is 5.88 Å². The number of fused-ring (bicyclic) bond motifs is 1. The van der Waals surface area contributed by atoms with Gasteiger partial charge >= 0.3 is 7.12 Å². The average molecular weight is 305 g/mol. The van der Waals surface area contributed by atoms with Crippen molar-refractivity contribution in [3.63, 3.8) is 0 Å². The molecule has 0 aromatic carbocycles. The molecule has 0 amide bonds. The Labute approximate surface area is 129 Å². The summed E-state index contributed by atoms with van der Waals surface area (Å²) in [5, 5.41) is 13.5. The summed E-state index contributed by atoms with van der Waals surface area (Å²) in [6, 6.07) is 1.88. The first-order valence-electron chi connectivity index (χ1n) is 7.17. The second-order valence-corrected chi connectivity index (χ2v) is 6.39. The van der Waals surface area contributed by atoms with Crippen LogP contribution in [0.25, 0.3) is 5.52 Å². The molecule has 0 atom stereocenters. The minimum atomic E-state index is -0.478. The first-order valence-corrected chi connectivity index (χ1v) is 7.17.